The van der Waals surface area contributed by atoms with E-state index in [4.69, 9.17) is 21.6 Å². The summed E-state index contributed by atoms with van der Waals surface area (Å²) in [6.07, 6.45) is 2.00. The number of hydrogen-bond donors (Lipinski definition) is 0. The van der Waals surface area contributed by atoms with Crippen LogP contribution in [-0.2, 0) is 4.43 Å². The van der Waals surface area contributed by atoms with Gasteiger partial charge in [0.1, 0.15) is 0 Å². The van der Waals surface area contributed by atoms with Gasteiger partial charge in [0.2, 0.25) is 0 Å². The Morgan fingerprint density at radius 1 is 1.04 bits per heavy atom. The lowest BCUT2D eigenvalue weighted by atomic mass is 10.2. The average molecular weight is 382 g/mol. The molecule has 0 saturated carbocycles. The molecule has 0 fully saturated rings. The van der Waals surface area contributed by atoms with E-state index in [0.717, 1.165) is 18.6 Å². The molecule has 1 heterocycles. The third-order valence-electron chi connectivity index (χ3n) is 5.13. The van der Waals surface area contributed by atoms with Crippen molar-refractivity contribution >= 4 is 42.0 Å². The first-order chi connectivity index (χ1) is 12.5. The Morgan fingerprint density at radius 2 is 1.58 bits per heavy atom. The fourth-order valence-electron chi connectivity index (χ4n) is 3.87. The first-order valence-corrected chi connectivity index (χ1v) is 11.6. The second kappa shape index (κ2) is 7.95. The molecule has 0 unspecified atom stereocenters. The van der Waals surface area contributed by atoms with Crippen LogP contribution in [0.25, 0.3) is 0 Å². The summed E-state index contributed by atoms with van der Waals surface area (Å²) in [7, 11) is -2.45. The lowest BCUT2D eigenvalue weighted by Crippen LogP contribution is -2.67. The summed E-state index contributed by atoms with van der Waals surface area (Å²) in [6.45, 7) is 7.57. The molecular formula is C22H27NOSSi. The summed E-state index contributed by atoms with van der Waals surface area (Å²) in [4.78, 5) is 4.73. The molecule has 136 valence electrons. The van der Waals surface area contributed by atoms with E-state index in [0.29, 0.717) is 6.61 Å². The van der Waals surface area contributed by atoms with Crippen molar-refractivity contribution in [3.8, 4) is 0 Å². The molecule has 0 radical (unpaired) electrons. The molecule has 0 aromatic heterocycles. The van der Waals surface area contributed by atoms with Gasteiger partial charge in [-0.3, -0.25) is 4.99 Å². The van der Waals surface area contributed by atoms with E-state index in [9.17, 15) is 0 Å². The molecule has 2 aromatic carbocycles. The van der Waals surface area contributed by atoms with E-state index in [-0.39, 0.29) is 11.1 Å². The maximum absolute atomic E-state index is 6.93. The molecule has 2 nitrogen and oxygen atoms in total. The number of nitrogens with zero attached hydrogens (tertiary/aromatic N) is 1. The van der Waals surface area contributed by atoms with Crippen LogP contribution < -0.4 is 10.4 Å². The highest BCUT2D eigenvalue weighted by Crippen LogP contribution is 2.37. The standard InChI is InChI=1S/C22H27NOSSi/c1-22(2,3)26(20-10-6-4-7-11-20,21-12-8-5-9-13-21)24-16-18-14-15-19(17-25)23-18/h4-13,17-18H,14-16H2,1-3H3/t18-/m1/s1. The second-order valence-electron chi connectivity index (χ2n) is 7.91. The van der Waals surface area contributed by atoms with Crippen LogP contribution in [-0.4, -0.2) is 32.0 Å². The van der Waals surface area contributed by atoms with Crippen LogP contribution in [0.15, 0.2) is 65.7 Å². The summed E-state index contributed by atoms with van der Waals surface area (Å²) in [5.41, 5.74) is 1.04. The Labute approximate surface area is 163 Å². The molecule has 0 saturated heterocycles. The quantitative estimate of drug-likeness (QED) is 0.553. The predicted molar refractivity (Wildman–Crippen MR) is 118 cm³/mol. The van der Waals surface area contributed by atoms with Crippen molar-refractivity contribution in [3.63, 3.8) is 0 Å². The van der Waals surface area contributed by atoms with Crippen molar-refractivity contribution < 1.29 is 4.43 Å². The van der Waals surface area contributed by atoms with Crippen LogP contribution in [0, 0.1) is 0 Å². The number of rotatable bonds is 6. The van der Waals surface area contributed by atoms with E-state index < -0.39 is 8.32 Å². The van der Waals surface area contributed by atoms with Gasteiger partial charge >= 0.3 is 0 Å². The zero-order valence-electron chi connectivity index (χ0n) is 15.8. The molecule has 4 heteroatoms. The highest BCUT2D eigenvalue weighted by molar-refractivity contribution is 7.80. The molecule has 26 heavy (non-hydrogen) atoms. The zero-order chi connectivity index (χ0) is 18.6. The highest BCUT2D eigenvalue weighted by Gasteiger charge is 2.50. The van der Waals surface area contributed by atoms with Crippen molar-refractivity contribution in [2.24, 2.45) is 4.99 Å². The van der Waals surface area contributed by atoms with Gasteiger partial charge in [0, 0.05) is 11.1 Å². The zero-order valence-corrected chi connectivity index (χ0v) is 17.6. The predicted octanol–water partition coefficient (Wildman–Crippen LogP) is 4.17. The molecule has 0 bridgehead atoms. The van der Waals surface area contributed by atoms with Crippen molar-refractivity contribution in [3.05, 3.63) is 60.7 Å². The molecular weight excluding hydrogens is 354 g/mol. The Hall–Kier alpha value is -1.62. The molecule has 1 aliphatic rings. The van der Waals surface area contributed by atoms with Crippen LogP contribution in [0.2, 0.25) is 5.04 Å². The number of aliphatic imine (C=N–C) groups is 1. The van der Waals surface area contributed by atoms with Gasteiger partial charge in [-0.1, -0.05) is 93.7 Å². The van der Waals surface area contributed by atoms with E-state index >= 15 is 0 Å². The maximum atomic E-state index is 6.93. The monoisotopic (exact) mass is 381 g/mol. The molecule has 0 N–H and O–H groups in total. The van der Waals surface area contributed by atoms with Gasteiger partial charge in [0.15, 0.2) is 0 Å². The summed E-state index contributed by atoms with van der Waals surface area (Å²) >= 11 is 5.05. The molecule has 0 aliphatic carbocycles. The lowest BCUT2D eigenvalue weighted by molar-refractivity contribution is 0.272. The van der Waals surface area contributed by atoms with Crippen LogP contribution in [0.4, 0.5) is 0 Å². The molecule has 1 aliphatic heterocycles. The van der Waals surface area contributed by atoms with Crippen LogP contribution in [0.5, 0.6) is 0 Å². The first-order valence-electron chi connectivity index (χ1n) is 9.24. The van der Waals surface area contributed by atoms with Crippen molar-refractivity contribution in [1.82, 2.24) is 0 Å². The van der Waals surface area contributed by atoms with Gasteiger partial charge in [0.05, 0.1) is 12.6 Å². The van der Waals surface area contributed by atoms with Crippen molar-refractivity contribution in [2.75, 3.05) is 6.61 Å². The number of benzene rings is 2. The van der Waals surface area contributed by atoms with Gasteiger partial charge < -0.3 is 4.43 Å². The Kier molecular flexibility index (Phi) is 5.85. The van der Waals surface area contributed by atoms with Crippen LogP contribution >= 0.6 is 12.2 Å². The second-order valence-corrected chi connectivity index (χ2v) is 12.4. The summed E-state index contributed by atoms with van der Waals surface area (Å²) in [5.74, 6) is 0. The summed E-state index contributed by atoms with van der Waals surface area (Å²) in [5, 5.41) is 4.35. The van der Waals surface area contributed by atoms with E-state index in [1.54, 1.807) is 5.37 Å². The highest BCUT2D eigenvalue weighted by atomic mass is 32.1. The van der Waals surface area contributed by atoms with Gasteiger partial charge in [-0.2, -0.15) is 0 Å². The average Bonchev–Trinajstić information content (AvgIpc) is 3.11. The summed E-state index contributed by atoms with van der Waals surface area (Å²) in [6, 6.07) is 21.7. The van der Waals surface area contributed by atoms with Gasteiger partial charge in [-0.05, 0) is 28.3 Å². The van der Waals surface area contributed by atoms with Gasteiger partial charge in [-0.15, -0.1) is 0 Å². The lowest BCUT2D eigenvalue weighted by Gasteiger charge is -2.43. The van der Waals surface area contributed by atoms with E-state index in [1.165, 1.54) is 10.4 Å². The normalized spacial score (nSPS) is 17.8. The summed E-state index contributed by atoms with van der Waals surface area (Å²) < 4.78 is 6.93. The maximum Gasteiger partial charge on any atom is 0.261 e. The van der Waals surface area contributed by atoms with Crippen LogP contribution in [0.1, 0.15) is 33.6 Å². The number of thiocarbonyl (C=S) groups is 1. The fraction of sp³-hybridized carbons (Fsp3) is 0.364. The first kappa shape index (κ1) is 19.1. The van der Waals surface area contributed by atoms with E-state index in [2.05, 4.69) is 81.4 Å². The molecule has 2 aromatic rings. The molecule has 0 spiro atoms. The third-order valence-corrected chi connectivity index (χ3v) is 10.4. The topological polar surface area (TPSA) is 21.6 Å². The minimum atomic E-state index is -2.45. The smallest absolute Gasteiger partial charge is 0.261 e. The van der Waals surface area contributed by atoms with Crippen molar-refractivity contribution in [1.29, 1.82) is 0 Å². The minimum Gasteiger partial charge on any atom is -0.405 e. The van der Waals surface area contributed by atoms with Crippen molar-refractivity contribution in [2.45, 2.75) is 44.7 Å². The molecule has 1 atom stereocenters. The third kappa shape index (κ3) is 3.73. The van der Waals surface area contributed by atoms with Gasteiger partial charge in [0.25, 0.3) is 8.32 Å². The van der Waals surface area contributed by atoms with E-state index in [1.807, 2.05) is 0 Å². The van der Waals surface area contributed by atoms with Crippen LogP contribution in [0.3, 0.4) is 0 Å². The Balaban J connectivity index is 2.03. The van der Waals surface area contributed by atoms with Gasteiger partial charge in [-0.25, -0.2) is 0 Å². The largest absolute Gasteiger partial charge is 0.405 e. The Morgan fingerprint density at radius 3 is 2.00 bits per heavy atom. The SMILES string of the molecule is CC(C)(C)[Si](OC[C@H]1CCC(C=S)=N1)(c1ccccc1)c1ccccc1. The molecule has 0 amide bonds. The fourth-order valence-corrected chi connectivity index (χ4v) is 8.65. The minimum absolute atomic E-state index is 0.00496. The Bertz CT molecular complexity index is 728. The molecule has 3 rings (SSSR count). The number of hydrogen-bond acceptors (Lipinski definition) is 3.